The van der Waals surface area contributed by atoms with E-state index in [-0.39, 0.29) is 4.75 Å². The molecule has 0 aromatic heterocycles. The van der Waals surface area contributed by atoms with Crippen molar-refractivity contribution in [2.45, 2.75) is 52.2 Å². The van der Waals surface area contributed by atoms with Crippen LogP contribution in [0.3, 0.4) is 0 Å². The number of rotatable bonds is 13. The maximum absolute atomic E-state index is 12.0. The van der Waals surface area contributed by atoms with Crippen molar-refractivity contribution in [3.8, 4) is 0 Å². The molecule has 6 nitrogen and oxygen atoms in total. The van der Waals surface area contributed by atoms with Gasteiger partial charge in [-0.15, -0.1) is 0 Å². The number of aliphatic imine (C=N–C) groups is 1. The molecule has 0 aliphatic heterocycles. The molecule has 0 radical (unpaired) electrons. The van der Waals surface area contributed by atoms with E-state index in [4.69, 9.17) is 9.47 Å². The summed E-state index contributed by atoms with van der Waals surface area (Å²) >= 11 is 0. The lowest BCUT2D eigenvalue weighted by Gasteiger charge is -2.18. The van der Waals surface area contributed by atoms with Crippen LogP contribution < -0.4 is 10.6 Å². The van der Waals surface area contributed by atoms with Gasteiger partial charge in [0.1, 0.15) is 0 Å². The molecule has 2 N–H and O–H groups in total. The Morgan fingerprint density at radius 2 is 1.71 bits per heavy atom. The first-order valence-corrected chi connectivity index (χ1v) is 10.3. The van der Waals surface area contributed by atoms with Crippen molar-refractivity contribution < 1.29 is 13.7 Å². The van der Waals surface area contributed by atoms with Crippen molar-refractivity contribution in [2.24, 2.45) is 4.99 Å². The third-order valence-corrected chi connectivity index (χ3v) is 5.07. The number of nitrogens with zero attached hydrogens (tertiary/aromatic N) is 1. The summed E-state index contributed by atoms with van der Waals surface area (Å²) in [7, 11) is -0.855. The monoisotopic (exact) mass is 363 g/mol. The molecule has 24 heavy (non-hydrogen) atoms. The normalized spacial score (nSPS) is 13.8. The van der Waals surface area contributed by atoms with Gasteiger partial charge < -0.3 is 20.1 Å². The van der Waals surface area contributed by atoms with Crippen LogP contribution in [0.25, 0.3) is 0 Å². The van der Waals surface area contributed by atoms with Crippen LogP contribution >= 0.6 is 0 Å². The summed E-state index contributed by atoms with van der Waals surface area (Å²) in [5.41, 5.74) is 0. The van der Waals surface area contributed by atoms with E-state index in [0.717, 1.165) is 32.0 Å². The highest BCUT2D eigenvalue weighted by molar-refractivity contribution is 7.86. The summed E-state index contributed by atoms with van der Waals surface area (Å²) in [4.78, 5) is 4.45. The molecular weight excluding hydrogens is 326 g/mol. The van der Waals surface area contributed by atoms with E-state index < -0.39 is 10.8 Å². The summed E-state index contributed by atoms with van der Waals surface area (Å²) in [5.74, 6) is 1.35. The molecule has 0 amide bonds. The van der Waals surface area contributed by atoms with Crippen LogP contribution in [0.15, 0.2) is 4.99 Å². The molecule has 0 aromatic rings. The molecule has 0 rings (SSSR count). The summed E-state index contributed by atoms with van der Waals surface area (Å²) in [6.07, 6.45) is 2.25. The zero-order chi connectivity index (χ0) is 18.3. The Kier molecular flexibility index (Phi) is 14.3. The number of hydrogen-bond donors (Lipinski definition) is 2. The molecule has 0 aliphatic rings. The van der Waals surface area contributed by atoms with Gasteiger partial charge in [0.05, 0.1) is 26.4 Å². The predicted octanol–water partition coefficient (Wildman–Crippen LogP) is 1.92. The molecule has 0 bridgehead atoms. The van der Waals surface area contributed by atoms with Crippen LogP contribution in [-0.4, -0.2) is 66.7 Å². The van der Waals surface area contributed by atoms with Gasteiger partial charge in [-0.2, -0.15) is 0 Å². The molecule has 0 aromatic carbocycles. The molecule has 0 aliphatic carbocycles. The maximum Gasteiger partial charge on any atom is 0.191 e. The highest BCUT2D eigenvalue weighted by Gasteiger charge is 2.18. The molecule has 1 unspecified atom stereocenters. The van der Waals surface area contributed by atoms with E-state index in [0.29, 0.717) is 38.7 Å². The zero-order valence-electron chi connectivity index (χ0n) is 16.2. The Hall–Kier alpha value is -0.660. The molecule has 7 heteroatoms. The Morgan fingerprint density at radius 1 is 1.04 bits per heavy atom. The SMILES string of the molecule is CCCCOCCOCCN=C(NCC)NCCS(=O)C(C)(C)C. The summed E-state index contributed by atoms with van der Waals surface area (Å²) in [6.45, 7) is 14.8. The number of unbranched alkanes of at least 4 members (excludes halogenated alkanes) is 1. The molecule has 0 fully saturated rings. The second-order valence-corrected chi connectivity index (χ2v) is 8.75. The lowest BCUT2D eigenvalue weighted by atomic mass is 10.3. The first kappa shape index (κ1) is 23.3. The summed E-state index contributed by atoms with van der Waals surface area (Å²) in [6, 6.07) is 0. The summed E-state index contributed by atoms with van der Waals surface area (Å²) in [5, 5.41) is 6.39. The largest absolute Gasteiger partial charge is 0.379 e. The minimum atomic E-state index is -0.855. The van der Waals surface area contributed by atoms with Crippen molar-refractivity contribution in [3.63, 3.8) is 0 Å². The van der Waals surface area contributed by atoms with Crippen molar-refractivity contribution >= 4 is 16.8 Å². The van der Waals surface area contributed by atoms with Crippen LogP contribution in [0.2, 0.25) is 0 Å². The average Bonchev–Trinajstić information content (AvgIpc) is 2.52. The Morgan fingerprint density at radius 3 is 2.29 bits per heavy atom. The highest BCUT2D eigenvalue weighted by Crippen LogP contribution is 2.10. The van der Waals surface area contributed by atoms with Gasteiger partial charge in [0, 0.05) is 41.0 Å². The van der Waals surface area contributed by atoms with E-state index in [9.17, 15) is 4.21 Å². The van der Waals surface area contributed by atoms with Crippen LogP contribution in [0, 0.1) is 0 Å². The van der Waals surface area contributed by atoms with Crippen LogP contribution in [0.4, 0.5) is 0 Å². The van der Waals surface area contributed by atoms with E-state index in [1.165, 1.54) is 0 Å². The van der Waals surface area contributed by atoms with Crippen molar-refractivity contribution in [2.75, 3.05) is 51.8 Å². The Labute approximate surface area is 150 Å². The molecule has 144 valence electrons. The molecule has 0 saturated carbocycles. The highest BCUT2D eigenvalue weighted by atomic mass is 32.2. The molecule has 0 heterocycles. The van der Waals surface area contributed by atoms with E-state index in [1.807, 2.05) is 27.7 Å². The first-order chi connectivity index (χ1) is 11.4. The van der Waals surface area contributed by atoms with Gasteiger partial charge in [0.15, 0.2) is 5.96 Å². The van der Waals surface area contributed by atoms with Crippen LogP contribution in [0.5, 0.6) is 0 Å². The number of ether oxygens (including phenoxy) is 2. The second-order valence-electron chi connectivity index (χ2n) is 6.43. The smallest absolute Gasteiger partial charge is 0.191 e. The minimum Gasteiger partial charge on any atom is -0.379 e. The fraction of sp³-hybridized carbons (Fsp3) is 0.941. The standard InChI is InChI=1S/C17H37N3O3S/c1-6-8-11-22-13-14-23-12-9-19-16(18-7-2)20-10-15-24(21)17(3,4)5/h6-15H2,1-5H3,(H2,18,19,20). The van der Waals surface area contributed by atoms with Crippen molar-refractivity contribution in [1.29, 1.82) is 0 Å². The third kappa shape index (κ3) is 13.7. The topological polar surface area (TPSA) is 72.0 Å². The molecular formula is C17H37N3O3S. The van der Waals surface area contributed by atoms with Crippen LogP contribution in [0.1, 0.15) is 47.5 Å². The van der Waals surface area contributed by atoms with Gasteiger partial charge in [0.25, 0.3) is 0 Å². The average molecular weight is 364 g/mol. The van der Waals surface area contributed by atoms with Crippen LogP contribution in [-0.2, 0) is 20.3 Å². The minimum absolute atomic E-state index is 0.176. The lowest BCUT2D eigenvalue weighted by molar-refractivity contribution is 0.0497. The van der Waals surface area contributed by atoms with Crippen molar-refractivity contribution in [3.05, 3.63) is 0 Å². The fourth-order valence-corrected chi connectivity index (χ4v) is 2.60. The van der Waals surface area contributed by atoms with E-state index in [2.05, 4.69) is 22.5 Å². The Balaban J connectivity index is 3.84. The second kappa shape index (κ2) is 14.7. The number of nitrogens with one attached hydrogen (secondary N) is 2. The van der Waals surface area contributed by atoms with Gasteiger partial charge in [0.2, 0.25) is 0 Å². The van der Waals surface area contributed by atoms with Gasteiger partial charge >= 0.3 is 0 Å². The Bertz CT molecular complexity index is 357. The molecule has 0 saturated heterocycles. The van der Waals surface area contributed by atoms with Gasteiger partial charge in [-0.1, -0.05) is 13.3 Å². The molecule has 0 spiro atoms. The third-order valence-electron chi connectivity index (χ3n) is 3.13. The quantitative estimate of drug-likeness (QED) is 0.297. The number of hydrogen-bond acceptors (Lipinski definition) is 4. The number of guanidine groups is 1. The zero-order valence-corrected chi connectivity index (χ0v) is 17.0. The maximum atomic E-state index is 12.0. The summed E-state index contributed by atoms with van der Waals surface area (Å²) < 4.78 is 22.8. The van der Waals surface area contributed by atoms with Crippen molar-refractivity contribution in [1.82, 2.24) is 10.6 Å². The lowest BCUT2D eigenvalue weighted by Crippen LogP contribution is -2.40. The van der Waals surface area contributed by atoms with Gasteiger partial charge in [-0.3, -0.25) is 9.20 Å². The fourth-order valence-electron chi connectivity index (χ4n) is 1.70. The first-order valence-electron chi connectivity index (χ1n) is 8.98. The predicted molar refractivity (Wildman–Crippen MR) is 103 cm³/mol. The van der Waals surface area contributed by atoms with E-state index in [1.54, 1.807) is 0 Å². The van der Waals surface area contributed by atoms with E-state index >= 15 is 0 Å². The van der Waals surface area contributed by atoms with Gasteiger partial charge in [-0.25, -0.2) is 0 Å². The van der Waals surface area contributed by atoms with Gasteiger partial charge in [-0.05, 0) is 34.1 Å². The molecule has 1 atom stereocenters.